The predicted octanol–water partition coefficient (Wildman–Crippen LogP) is 6.16. The Kier molecular flexibility index (Phi) is 8.06. The number of nitriles is 1. The average molecular weight is 612 g/mol. The van der Waals surface area contributed by atoms with Crippen LogP contribution in [0.1, 0.15) is 50.1 Å². The number of hydrogen-bond donors (Lipinski definition) is 3. The summed E-state index contributed by atoms with van der Waals surface area (Å²) in [7, 11) is -2.50. The molecule has 2 atom stereocenters. The molecule has 3 aliphatic rings. The van der Waals surface area contributed by atoms with Crippen LogP contribution < -0.4 is 15.0 Å². The molecule has 43 heavy (non-hydrogen) atoms. The van der Waals surface area contributed by atoms with Crippen LogP contribution in [0.15, 0.2) is 54.7 Å². The summed E-state index contributed by atoms with van der Waals surface area (Å²) in [4.78, 5) is 15.6. The molecule has 1 amide bonds. The van der Waals surface area contributed by atoms with Gasteiger partial charge in [-0.3, -0.25) is 13.9 Å². The van der Waals surface area contributed by atoms with Gasteiger partial charge in [0.05, 0.1) is 29.0 Å². The van der Waals surface area contributed by atoms with Gasteiger partial charge in [-0.15, -0.1) is 0 Å². The molecule has 1 aromatic heterocycles. The predicted molar refractivity (Wildman–Crippen MR) is 161 cm³/mol. The number of rotatable bonds is 8. The number of ether oxygens (including phenoxy) is 1. The topological polar surface area (TPSA) is 124 Å². The first-order chi connectivity index (χ1) is 20.7. The van der Waals surface area contributed by atoms with Crippen molar-refractivity contribution in [2.45, 2.75) is 56.6 Å². The summed E-state index contributed by atoms with van der Waals surface area (Å²) in [6.07, 6.45) is 6.60. The third-order valence-electron chi connectivity index (χ3n) is 8.77. The number of anilines is 1. The molecular weight excluding hydrogens is 576 g/mol. The highest BCUT2D eigenvalue weighted by Gasteiger charge is 2.47. The molecule has 3 fully saturated rings. The molecule has 2 heterocycles. The highest BCUT2D eigenvalue weighted by Crippen LogP contribution is 2.44. The summed E-state index contributed by atoms with van der Waals surface area (Å²) in [5.41, 5.74) is 3.48. The first-order valence-electron chi connectivity index (χ1n) is 14.6. The fourth-order valence-electron chi connectivity index (χ4n) is 6.12. The lowest BCUT2D eigenvalue weighted by molar-refractivity contribution is -0.127. The minimum absolute atomic E-state index is 0.0522. The fourth-order valence-corrected chi connectivity index (χ4v) is 7.35. The van der Waals surface area contributed by atoms with Gasteiger partial charge in [-0.1, -0.05) is 25.0 Å². The number of hydrogen-bond acceptors (Lipinski definition) is 7. The molecule has 2 aliphatic carbocycles. The van der Waals surface area contributed by atoms with Crippen LogP contribution in [0, 0.1) is 17.2 Å². The van der Waals surface area contributed by atoms with E-state index in [0.29, 0.717) is 49.5 Å². The molecule has 2 aromatic carbocycles. The lowest BCUT2D eigenvalue weighted by Crippen LogP contribution is -2.42. The maximum absolute atomic E-state index is 13.5. The molecule has 9 nitrogen and oxygen atoms in total. The first kappa shape index (κ1) is 29.4. The molecule has 3 N–H and O–H groups in total. The Labute approximate surface area is 250 Å². The Bertz CT molecular complexity index is 1490. The van der Waals surface area contributed by atoms with E-state index in [-0.39, 0.29) is 23.5 Å². The van der Waals surface area contributed by atoms with Crippen molar-refractivity contribution < 1.29 is 27.4 Å². The summed E-state index contributed by atoms with van der Waals surface area (Å²) >= 11 is 0. The number of carbonyl (C=O) groups is 1. The molecular formula is C31H35F2N5O4S. The SMILES string of the molecule is N#CC1(NC(=O)[C@@H]2CCCC[C@H]2c2nn(-c3ccc(OC(F)F)cc3)cc2-c2ccc(N3CCS(O)(O)CC3)cc2)CC1. The van der Waals surface area contributed by atoms with Crippen LogP contribution in [0.5, 0.6) is 5.75 Å². The van der Waals surface area contributed by atoms with Gasteiger partial charge in [0.15, 0.2) is 0 Å². The largest absolute Gasteiger partial charge is 0.435 e. The Balaban J connectivity index is 1.33. The van der Waals surface area contributed by atoms with Crippen LogP contribution in [0.3, 0.4) is 0 Å². The molecule has 228 valence electrons. The van der Waals surface area contributed by atoms with Crippen molar-refractivity contribution in [3.8, 4) is 28.6 Å². The monoisotopic (exact) mass is 611 g/mol. The van der Waals surface area contributed by atoms with Gasteiger partial charge in [0.25, 0.3) is 0 Å². The van der Waals surface area contributed by atoms with Crippen molar-refractivity contribution in [2.75, 3.05) is 29.5 Å². The van der Waals surface area contributed by atoms with E-state index in [1.54, 1.807) is 16.8 Å². The average Bonchev–Trinajstić information content (AvgIpc) is 3.64. The minimum Gasteiger partial charge on any atom is -0.435 e. The maximum Gasteiger partial charge on any atom is 0.387 e. The van der Waals surface area contributed by atoms with Gasteiger partial charge >= 0.3 is 6.61 Å². The van der Waals surface area contributed by atoms with E-state index in [1.807, 2.05) is 30.5 Å². The number of benzene rings is 2. The van der Waals surface area contributed by atoms with Crippen LogP contribution in [-0.2, 0) is 4.79 Å². The van der Waals surface area contributed by atoms with Gasteiger partial charge in [-0.25, -0.2) is 4.68 Å². The summed E-state index contributed by atoms with van der Waals surface area (Å²) in [5, 5.41) is 17.6. The molecule has 6 rings (SSSR count). The third-order valence-corrected chi connectivity index (χ3v) is 10.4. The van der Waals surface area contributed by atoms with E-state index in [4.69, 9.17) is 5.10 Å². The van der Waals surface area contributed by atoms with Crippen molar-refractivity contribution in [3.63, 3.8) is 0 Å². The van der Waals surface area contributed by atoms with Crippen molar-refractivity contribution in [1.82, 2.24) is 15.1 Å². The van der Waals surface area contributed by atoms with Gasteiger partial charge < -0.3 is 15.0 Å². The first-order valence-corrected chi connectivity index (χ1v) is 16.5. The third kappa shape index (κ3) is 6.49. The fraction of sp³-hybridized carbons (Fsp3) is 0.452. The second kappa shape index (κ2) is 11.8. The van der Waals surface area contributed by atoms with Gasteiger partial charge in [0, 0.05) is 42.4 Å². The molecule has 2 saturated carbocycles. The summed E-state index contributed by atoms with van der Waals surface area (Å²) in [6, 6.07) is 16.6. The molecule has 0 radical (unpaired) electrons. The smallest absolute Gasteiger partial charge is 0.387 e. The summed E-state index contributed by atoms with van der Waals surface area (Å²) in [6.45, 7) is -1.78. The van der Waals surface area contributed by atoms with E-state index in [0.717, 1.165) is 41.8 Å². The lowest BCUT2D eigenvalue weighted by atomic mass is 9.75. The molecule has 1 aliphatic heterocycles. The minimum atomic E-state index is -2.91. The number of nitrogens with zero attached hydrogens (tertiary/aromatic N) is 4. The summed E-state index contributed by atoms with van der Waals surface area (Å²) in [5.74, 6) is 0.167. The molecule has 3 aromatic rings. The van der Waals surface area contributed by atoms with Crippen LogP contribution in [0.25, 0.3) is 16.8 Å². The van der Waals surface area contributed by atoms with Crippen LogP contribution in [0.2, 0.25) is 0 Å². The zero-order valence-electron chi connectivity index (χ0n) is 23.7. The summed E-state index contributed by atoms with van der Waals surface area (Å²) < 4.78 is 51.6. The van der Waals surface area contributed by atoms with E-state index in [9.17, 15) is 27.9 Å². The number of carbonyl (C=O) groups excluding carboxylic acids is 1. The second-order valence-electron chi connectivity index (χ2n) is 11.7. The quantitative estimate of drug-likeness (QED) is 0.279. The Morgan fingerprint density at radius 2 is 1.70 bits per heavy atom. The maximum atomic E-state index is 13.5. The number of amides is 1. The highest BCUT2D eigenvalue weighted by molar-refractivity contribution is 8.24. The van der Waals surface area contributed by atoms with Gasteiger partial charge in [-0.2, -0.15) is 29.7 Å². The number of nitrogens with one attached hydrogen (secondary N) is 1. The normalized spacial score (nSPS) is 23.3. The standard InChI is InChI=1S/C31H35F2N5O4S/c32-30(33)42-24-11-9-23(10-12-24)38-19-27(21-5-7-22(8-6-21)37-15-17-43(40,41)18-16-37)28(36-38)25-3-1-2-4-26(25)29(39)35-31(20-34)13-14-31/h5-12,19,25-26,30,40-41H,1-4,13-18H2,(H,35,39)/t25-,26-/m1/s1. The lowest BCUT2D eigenvalue weighted by Gasteiger charge is -2.41. The molecule has 0 bridgehead atoms. The highest BCUT2D eigenvalue weighted by atomic mass is 32.3. The number of alkyl halides is 2. The Morgan fingerprint density at radius 1 is 1.05 bits per heavy atom. The van der Waals surface area contributed by atoms with Crippen LogP contribution in [-0.4, -0.2) is 61.5 Å². The number of aromatic nitrogens is 2. The zero-order chi connectivity index (χ0) is 30.2. The van der Waals surface area contributed by atoms with E-state index in [1.165, 1.54) is 12.1 Å². The van der Waals surface area contributed by atoms with Crippen molar-refractivity contribution in [1.29, 1.82) is 5.26 Å². The molecule has 0 spiro atoms. The molecule has 1 saturated heterocycles. The van der Waals surface area contributed by atoms with Crippen LogP contribution in [0.4, 0.5) is 14.5 Å². The van der Waals surface area contributed by atoms with Gasteiger partial charge in [0.2, 0.25) is 5.91 Å². The Morgan fingerprint density at radius 3 is 2.33 bits per heavy atom. The Hall–Kier alpha value is -3.66. The molecule has 0 unspecified atom stereocenters. The zero-order valence-corrected chi connectivity index (χ0v) is 24.5. The van der Waals surface area contributed by atoms with Crippen molar-refractivity contribution in [3.05, 3.63) is 60.4 Å². The van der Waals surface area contributed by atoms with E-state index < -0.39 is 22.7 Å². The van der Waals surface area contributed by atoms with Crippen molar-refractivity contribution in [2.24, 2.45) is 5.92 Å². The van der Waals surface area contributed by atoms with Gasteiger partial charge in [-0.05, 0) is 67.6 Å². The van der Waals surface area contributed by atoms with E-state index in [2.05, 4.69) is 21.0 Å². The second-order valence-corrected chi connectivity index (χ2v) is 14.1. The molecule has 12 heteroatoms. The van der Waals surface area contributed by atoms with Crippen molar-refractivity contribution >= 4 is 22.2 Å². The number of halogens is 2. The van der Waals surface area contributed by atoms with Gasteiger partial charge in [0.1, 0.15) is 11.3 Å². The van der Waals surface area contributed by atoms with E-state index >= 15 is 0 Å². The van der Waals surface area contributed by atoms with Crippen LogP contribution >= 0.6 is 10.6 Å².